The minimum atomic E-state index is -1.20. The topological polar surface area (TPSA) is 69.9 Å². The maximum atomic E-state index is 8.64. The molecule has 1 aliphatic rings. The van der Waals surface area contributed by atoms with Gasteiger partial charge in [-0.25, -0.2) is 0 Å². The first-order valence-corrected chi connectivity index (χ1v) is 2.37. The van der Waals surface area contributed by atoms with Crippen molar-refractivity contribution in [3.8, 4) is 0 Å². The van der Waals surface area contributed by atoms with Crippen LogP contribution in [-0.4, -0.2) is 40.4 Å². The monoisotopic (exact) mass is 120 g/mol. The van der Waals surface area contributed by atoms with Gasteiger partial charge in [0.25, 0.3) is 0 Å². The third-order valence-electron chi connectivity index (χ3n) is 1.12. The van der Waals surface area contributed by atoms with E-state index >= 15 is 0 Å². The Kier molecular flexibility index (Phi) is 1.48. The lowest BCUT2D eigenvalue weighted by molar-refractivity contribution is -0.111. The highest BCUT2D eigenvalue weighted by Gasteiger charge is 2.32. The molecule has 0 aromatic carbocycles. The average molecular weight is 120 g/mol. The van der Waals surface area contributed by atoms with E-state index in [1.54, 1.807) is 0 Å². The van der Waals surface area contributed by atoms with Crippen LogP contribution in [-0.2, 0) is 4.74 Å². The molecule has 3 atom stereocenters. The number of aliphatic hydroxyl groups is 3. The highest BCUT2D eigenvalue weighted by molar-refractivity contribution is 4.75. The van der Waals surface area contributed by atoms with Crippen molar-refractivity contribution in [3.63, 3.8) is 0 Å². The lowest BCUT2D eigenvalue weighted by Crippen LogP contribution is -2.29. The van der Waals surface area contributed by atoms with E-state index in [4.69, 9.17) is 15.3 Å². The summed E-state index contributed by atoms with van der Waals surface area (Å²) in [7, 11) is 0. The first kappa shape index (κ1) is 5.97. The van der Waals surface area contributed by atoms with Gasteiger partial charge in [0.1, 0.15) is 12.2 Å². The first-order valence-electron chi connectivity index (χ1n) is 2.37. The third-order valence-corrected chi connectivity index (χ3v) is 1.12. The molecule has 48 valence electrons. The molecule has 0 radical (unpaired) electrons. The summed E-state index contributed by atoms with van der Waals surface area (Å²) in [6.07, 6.45) is -3.26. The van der Waals surface area contributed by atoms with Crippen molar-refractivity contribution in [3.05, 3.63) is 0 Å². The van der Waals surface area contributed by atoms with Crippen molar-refractivity contribution < 1.29 is 20.1 Å². The summed E-state index contributed by atoms with van der Waals surface area (Å²) < 4.78 is 4.43. The highest BCUT2D eigenvalue weighted by atomic mass is 16.6. The Balaban J connectivity index is 2.44. The van der Waals surface area contributed by atoms with Crippen LogP contribution in [0.1, 0.15) is 0 Å². The normalized spacial score (nSPS) is 47.6. The second kappa shape index (κ2) is 1.99. The summed E-state index contributed by atoms with van der Waals surface area (Å²) in [6, 6.07) is 0. The van der Waals surface area contributed by atoms with Crippen LogP contribution in [0, 0.1) is 0 Å². The Labute approximate surface area is 46.3 Å². The molecule has 1 fully saturated rings. The van der Waals surface area contributed by atoms with Crippen LogP contribution in [0.2, 0.25) is 0 Å². The van der Waals surface area contributed by atoms with Crippen LogP contribution >= 0.6 is 0 Å². The van der Waals surface area contributed by atoms with Crippen molar-refractivity contribution >= 4 is 0 Å². The standard InChI is InChI=1S/C4H8O4/c5-2-1-8-4(7)3(2)6/h2-7H,1H2/t2-,3+,4-/m0/s1. The zero-order valence-corrected chi connectivity index (χ0v) is 4.19. The zero-order valence-electron chi connectivity index (χ0n) is 4.19. The summed E-state index contributed by atoms with van der Waals surface area (Å²) in [5, 5.41) is 25.8. The SMILES string of the molecule is O[C@@H]1[C@@H](O)CO[C@@H]1O. The van der Waals surface area contributed by atoms with E-state index in [0.29, 0.717) is 0 Å². The van der Waals surface area contributed by atoms with E-state index in [2.05, 4.69) is 4.74 Å². The van der Waals surface area contributed by atoms with Gasteiger partial charge in [-0.1, -0.05) is 0 Å². The molecule has 4 heteroatoms. The van der Waals surface area contributed by atoms with Gasteiger partial charge in [0.2, 0.25) is 0 Å². The fourth-order valence-electron chi connectivity index (χ4n) is 0.584. The maximum Gasteiger partial charge on any atom is 0.183 e. The van der Waals surface area contributed by atoms with Crippen molar-refractivity contribution in [1.29, 1.82) is 0 Å². The predicted octanol–water partition coefficient (Wildman–Crippen LogP) is -1.94. The largest absolute Gasteiger partial charge is 0.388 e. The molecule has 0 spiro atoms. The fraction of sp³-hybridized carbons (Fsp3) is 1.00. The van der Waals surface area contributed by atoms with Gasteiger partial charge < -0.3 is 20.1 Å². The lowest BCUT2D eigenvalue weighted by atomic mass is 10.2. The molecule has 0 bridgehead atoms. The van der Waals surface area contributed by atoms with Crippen LogP contribution < -0.4 is 0 Å². The average Bonchev–Trinajstić information content (AvgIpc) is 1.98. The number of aliphatic hydroxyl groups excluding tert-OH is 3. The maximum absolute atomic E-state index is 8.64. The summed E-state index contributed by atoms with van der Waals surface area (Å²) in [5.41, 5.74) is 0. The highest BCUT2D eigenvalue weighted by Crippen LogP contribution is 2.10. The molecule has 0 aliphatic carbocycles. The quantitative estimate of drug-likeness (QED) is 0.348. The summed E-state index contributed by atoms with van der Waals surface area (Å²) in [6.45, 7) is 0.0162. The van der Waals surface area contributed by atoms with E-state index < -0.39 is 18.5 Å². The predicted molar refractivity (Wildman–Crippen MR) is 24.0 cm³/mol. The van der Waals surface area contributed by atoms with Crippen molar-refractivity contribution in [1.82, 2.24) is 0 Å². The summed E-state index contributed by atoms with van der Waals surface area (Å²) in [4.78, 5) is 0. The summed E-state index contributed by atoms with van der Waals surface area (Å²) in [5.74, 6) is 0. The van der Waals surface area contributed by atoms with Crippen molar-refractivity contribution in [2.45, 2.75) is 18.5 Å². The Morgan fingerprint density at radius 3 is 2.00 bits per heavy atom. The Morgan fingerprint density at radius 1 is 1.25 bits per heavy atom. The van der Waals surface area contributed by atoms with Crippen LogP contribution in [0.15, 0.2) is 0 Å². The van der Waals surface area contributed by atoms with E-state index in [1.807, 2.05) is 0 Å². The molecule has 0 saturated carbocycles. The van der Waals surface area contributed by atoms with Gasteiger partial charge in [0.05, 0.1) is 6.61 Å². The number of rotatable bonds is 0. The number of ether oxygens (including phenoxy) is 1. The summed E-state index contributed by atoms with van der Waals surface area (Å²) >= 11 is 0. The van der Waals surface area contributed by atoms with Gasteiger partial charge >= 0.3 is 0 Å². The van der Waals surface area contributed by atoms with E-state index in [0.717, 1.165) is 0 Å². The van der Waals surface area contributed by atoms with Gasteiger partial charge in [0, 0.05) is 0 Å². The van der Waals surface area contributed by atoms with Crippen molar-refractivity contribution in [2.75, 3.05) is 6.61 Å². The molecule has 1 heterocycles. The molecule has 0 aromatic heterocycles. The first-order chi connectivity index (χ1) is 3.72. The molecule has 4 nitrogen and oxygen atoms in total. The Bertz CT molecular complexity index is 74.1. The van der Waals surface area contributed by atoms with Gasteiger partial charge in [-0.05, 0) is 0 Å². The minimum absolute atomic E-state index is 0.0162. The molecular formula is C4H8O4. The zero-order chi connectivity index (χ0) is 6.15. The number of hydrogen-bond donors (Lipinski definition) is 3. The lowest BCUT2D eigenvalue weighted by Gasteiger charge is -2.06. The second-order valence-electron chi connectivity index (χ2n) is 1.78. The van der Waals surface area contributed by atoms with E-state index in [1.165, 1.54) is 0 Å². The van der Waals surface area contributed by atoms with Crippen LogP contribution in [0.5, 0.6) is 0 Å². The Hall–Kier alpha value is -0.160. The molecule has 0 aromatic rings. The van der Waals surface area contributed by atoms with Crippen LogP contribution in [0.25, 0.3) is 0 Å². The molecule has 3 N–H and O–H groups in total. The van der Waals surface area contributed by atoms with Gasteiger partial charge in [-0.3, -0.25) is 0 Å². The van der Waals surface area contributed by atoms with Gasteiger partial charge in [0.15, 0.2) is 6.29 Å². The van der Waals surface area contributed by atoms with E-state index in [9.17, 15) is 0 Å². The fourth-order valence-corrected chi connectivity index (χ4v) is 0.584. The number of hydrogen-bond acceptors (Lipinski definition) is 4. The molecule has 8 heavy (non-hydrogen) atoms. The van der Waals surface area contributed by atoms with E-state index in [-0.39, 0.29) is 6.61 Å². The molecule has 1 saturated heterocycles. The third kappa shape index (κ3) is 0.830. The second-order valence-corrected chi connectivity index (χ2v) is 1.78. The van der Waals surface area contributed by atoms with Crippen LogP contribution in [0.4, 0.5) is 0 Å². The Morgan fingerprint density at radius 2 is 1.88 bits per heavy atom. The molecule has 0 unspecified atom stereocenters. The molecule has 0 amide bonds. The van der Waals surface area contributed by atoms with Gasteiger partial charge in [-0.2, -0.15) is 0 Å². The molecule has 1 rings (SSSR count). The molecule has 1 aliphatic heterocycles. The van der Waals surface area contributed by atoms with Crippen LogP contribution in [0.3, 0.4) is 0 Å². The van der Waals surface area contributed by atoms with Gasteiger partial charge in [-0.15, -0.1) is 0 Å². The minimum Gasteiger partial charge on any atom is -0.388 e. The smallest absolute Gasteiger partial charge is 0.183 e. The molecular weight excluding hydrogens is 112 g/mol. The van der Waals surface area contributed by atoms with Crippen molar-refractivity contribution in [2.24, 2.45) is 0 Å².